The van der Waals surface area contributed by atoms with Gasteiger partial charge in [-0.1, -0.05) is 48.5 Å². The summed E-state index contributed by atoms with van der Waals surface area (Å²) in [5, 5.41) is 18.7. The first kappa shape index (κ1) is 17.9. The van der Waals surface area contributed by atoms with E-state index in [-0.39, 0.29) is 0 Å². The number of thioether (sulfide) groups is 1. The van der Waals surface area contributed by atoms with Gasteiger partial charge in [0, 0.05) is 0 Å². The van der Waals surface area contributed by atoms with Crippen molar-refractivity contribution in [2.24, 2.45) is 0 Å². The first-order valence-electron chi connectivity index (χ1n) is 8.70. The third-order valence-corrected chi connectivity index (χ3v) is 5.75. The minimum Gasteiger partial charge on any atom is -0.338 e. The smallest absolute Gasteiger partial charge is 0.237 e. The van der Waals surface area contributed by atoms with Crippen molar-refractivity contribution >= 4 is 23.1 Å². The summed E-state index contributed by atoms with van der Waals surface area (Å²) in [5.74, 6) is 1.67. The molecule has 0 spiro atoms. The molecule has 1 aromatic carbocycles. The molecule has 7 nitrogen and oxygen atoms in total. The fraction of sp³-hybridized carbons (Fsp3) is 0.278. The summed E-state index contributed by atoms with van der Waals surface area (Å²) < 4.78 is 7.06. The first-order chi connectivity index (χ1) is 13.3. The molecule has 0 atom stereocenters. The summed E-state index contributed by atoms with van der Waals surface area (Å²) in [7, 11) is 0. The molecule has 0 fully saturated rings. The Morgan fingerprint density at radius 3 is 2.85 bits per heavy atom. The largest absolute Gasteiger partial charge is 0.338 e. The van der Waals surface area contributed by atoms with Crippen molar-refractivity contribution in [3.05, 3.63) is 53.2 Å². The zero-order chi connectivity index (χ0) is 18.5. The first-order valence-corrected chi connectivity index (χ1v) is 10.6. The van der Waals surface area contributed by atoms with Crippen LogP contribution in [-0.2, 0) is 12.2 Å². The van der Waals surface area contributed by atoms with Crippen LogP contribution >= 0.6 is 23.1 Å². The van der Waals surface area contributed by atoms with Gasteiger partial charge in [0.15, 0.2) is 0 Å². The van der Waals surface area contributed by atoms with Gasteiger partial charge in [-0.15, -0.1) is 16.4 Å². The Kier molecular flexibility index (Phi) is 5.59. The van der Waals surface area contributed by atoms with Gasteiger partial charge in [-0.25, -0.2) is 0 Å². The van der Waals surface area contributed by atoms with Gasteiger partial charge in [0.2, 0.25) is 16.9 Å². The molecular weight excluding hydrogens is 380 g/mol. The van der Waals surface area contributed by atoms with Gasteiger partial charge < -0.3 is 4.52 Å². The lowest BCUT2D eigenvalue weighted by Crippen LogP contribution is -1.99. The van der Waals surface area contributed by atoms with E-state index in [1.807, 2.05) is 29.6 Å². The van der Waals surface area contributed by atoms with Gasteiger partial charge >= 0.3 is 0 Å². The Morgan fingerprint density at radius 1 is 1.19 bits per heavy atom. The van der Waals surface area contributed by atoms with Crippen LogP contribution in [0.2, 0.25) is 0 Å². The molecule has 0 radical (unpaired) electrons. The summed E-state index contributed by atoms with van der Waals surface area (Å²) in [5.41, 5.74) is 2.27. The molecule has 0 amide bonds. The molecule has 0 aliphatic rings. The molecular formula is C18H18N6OS2. The number of thiophene rings is 1. The molecule has 0 unspecified atom stereocenters. The predicted molar refractivity (Wildman–Crippen MR) is 105 cm³/mol. The molecule has 0 bridgehead atoms. The highest BCUT2D eigenvalue weighted by Crippen LogP contribution is 2.25. The minimum atomic E-state index is 0.507. The molecule has 0 N–H and O–H groups in total. The molecule has 138 valence electrons. The second-order valence-corrected chi connectivity index (χ2v) is 7.81. The average Bonchev–Trinajstić information content (AvgIpc) is 3.46. The minimum absolute atomic E-state index is 0.507. The topological polar surface area (TPSA) is 82.5 Å². The number of rotatable bonds is 8. The van der Waals surface area contributed by atoms with E-state index in [2.05, 4.69) is 44.7 Å². The van der Waals surface area contributed by atoms with Crippen molar-refractivity contribution < 1.29 is 4.52 Å². The van der Waals surface area contributed by atoms with Crippen molar-refractivity contribution in [3.8, 4) is 16.4 Å². The molecule has 3 heterocycles. The van der Waals surface area contributed by atoms with Gasteiger partial charge in [0.05, 0.1) is 16.3 Å². The highest BCUT2D eigenvalue weighted by molar-refractivity contribution is 7.98. The average molecular weight is 399 g/mol. The fourth-order valence-electron chi connectivity index (χ4n) is 2.56. The Bertz CT molecular complexity index is 978. The zero-order valence-electron chi connectivity index (χ0n) is 14.8. The van der Waals surface area contributed by atoms with Crippen LogP contribution in [0.1, 0.15) is 31.2 Å². The van der Waals surface area contributed by atoms with Crippen molar-refractivity contribution in [2.45, 2.75) is 37.1 Å². The lowest BCUT2D eigenvalue weighted by atomic mass is 10.1. The third-order valence-electron chi connectivity index (χ3n) is 3.98. The fourth-order valence-corrected chi connectivity index (χ4v) is 3.94. The molecule has 0 saturated carbocycles. The van der Waals surface area contributed by atoms with Crippen LogP contribution in [0.5, 0.6) is 0 Å². The van der Waals surface area contributed by atoms with Gasteiger partial charge in [0.25, 0.3) is 0 Å². The van der Waals surface area contributed by atoms with Gasteiger partial charge in [-0.2, -0.15) is 9.67 Å². The quantitative estimate of drug-likeness (QED) is 0.407. The Balaban J connectivity index is 1.43. The molecule has 4 rings (SSSR count). The summed E-state index contributed by atoms with van der Waals surface area (Å²) in [4.78, 5) is 5.42. The van der Waals surface area contributed by atoms with Gasteiger partial charge in [-0.3, -0.25) is 0 Å². The number of hydrogen-bond acceptors (Lipinski definition) is 8. The summed E-state index contributed by atoms with van der Waals surface area (Å²) in [6.07, 6.45) is 3.49. The van der Waals surface area contributed by atoms with Gasteiger partial charge in [0.1, 0.15) is 0 Å². The van der Waals surface area contributed by atoms with Crippen molar-refractivity contribution in [3.63, 3.8) is 0 Å². The zero-order valence-corrected chi connectivity index (χ0v) is 16.4. The molecule has 0 aliphatic heterocycles. The lowest BCUT2D eigenvalue weighted by Gasteiger charge is -2.05. The van der Waals surface area contributed by atoms with Crippen LogP contribution in [0.15, 0.2) is 51.5 Å². The second kappa shape index (κ2) is 8.45. The SMILES string of the molecule is CCCCc1ccc(-n2nnnc2SCc2nc(-c3cccs3)no2)cc1. The highest BCUT2D eigenvalue weighted by atomic mass is 32.2. The summed E-state index contributed by atoms with van der Waals surface area (Å²) >= 11 is 3.05. The van der Waals surface area contributed by atoms with E-state index >= 15 is 0 Å². The number of hydrogen-bond donors (Lipinski definition) is 0. The normalized spacial score (nSPS) is 11.1. The summed E-state index contributed by atoms with van der Waals surface area (Å²) in [6, 6.07) is 12.3. The maximum Gasteiger partial charge on any atom is 0.237 e. The van der Waals surface area contributed by atoms with E-state index in [1.54, 1.807) is 16.0 Å². The maximum absolute atomic E-state index is 5.33. The second-order valence-electron chi connectivity index (χ2n) is 5.92. The number of aromatic nitrogens is 6. The Labute approximate surface area is 164 Å². The van der Waals surface area contributed by atoms with Crippen LogP contribution in [0.3, 0.4) is 0 Å². The Hall–Kier alpha value is -2.52. The Morgan fingerprint density at radius 2 is 2.07 bits per heavy atom. The summed E-state index contributed by atoms with van der Waals surface area (Å²) in [6.45, 7) is 2.20. The third kappa shape index (κ3) is 4.25. The van der Waals surface area contributed by atoms with Crippen molar-refractivity contribution in [2.75, 3.05) is 0 Å². The number of unbranched alkanes of at least 4 members (excludes halogenated alkanes) is 1. The number of tetrazole rings is 1. The molecule has 27 heavy (non-hydrogen) atoms. The monoisotopic (exact) mass is 398 g/mol. The van der Waals surface area contributed by atoms with Crippen LogP contribution < -0.4 is 0 Å². The van der Waals surface area contributed by atoms with E-state index in [0.717, 1.165) is 17.0 Å². The number of nitrogens with zero attached hydrogens (tertiary/aromatic N) is 6. The maximum atomic E-state index is 5.33. The van der Waals surface area contributed by atoms with Crippen molar-refractivity contribution in [1.29, 1.82) is 0 Å². The molecule has 9 heteroatoms. The van der Waals surface area contributed by atoms with Crippen LogP contribution in [-0.4, -0.2) is 30.3 Å². The van der Waals surface area contributed by atoms with E-state index in [4.69, 9.17) is 4.52 Å². The van der Waals surface area contributed by atoms with Crippen LogP contribution in [0.4, 0.5) is 0 Å². The lowest BCUT2D eigenvalue weighted by molar-refractivity contribution is 0.391. The predicted octanol–water partition coefficient (Wildman–Crippen LogP) is 4.41. The van der Waals surface area contributed by atoms with E-state index in [9.17, 15) is 0 Å². The molecule has 4 aromatic rings. The standard InChI is InChI=1S/C18H18N6OS2/c1-2-3-5-13-7-9-14(10-8-13)24-18(20-22-23-24)27-12-16-19-17(21-25-16)15-6-4-11-26-15/h4,6-11H,2-3,5,12H2,1H3. The van der Waals surface area contributed by atoms with E-state index in [1.165, 1.54) is 30.2 Å². The van der Waals surface area contributed by atoms with E-state index in [0.29, 0.717) is 22.6 Å². The number of aryl methyl sites for hydroxylation is 1. The molecule has 3 aromatic heterocycles. The molecule has 0 aliphatic carbocycles. The van der Waals surface area contributed by atoms with Crippen LogP contribution in [0, 0.1) is 0 Å². The number of benzene rings is 1. The van der Waals surface area contributed by atoms with E-state index < -0.39 is 0 Å². The van der Waals surface area contributed by atoms with Gasteiger partial charge in [-0.05, 0) is 52.4 Å². The van der Waals surface area contributed by atoms with Crippen LogP contribution in [0.25, 0.3) is 16.4 Å². The molecule has 0 saturated heterocycles. The van der Waals surface area contributed by atoms with Crippen molar-refractivity contribution in [1.82, 2.24) is 30.3 Å². The highest BCUT2D eigenvalue weighted by Gasteiger charge is 2.13.